The molecule has 0 atom stereocenters. The van der Waals surface area contributed by atoms with Crippen molar-refractivity contribution in [1.82, 2.24) is 9.78 Å². The number of nitrogens with two attached hydrogens (primary N) is 1. The van der Waals surface area contributed by atoms with Crippen molar-refractivity contribution in [2.24, 2.45) is 0 Å². The molecule has 0 saturated carbocycles. The van der Waals surface area contributed by atoms with Crippen LogP contribution in [0.15, 0.2) is 12.3 Å². The van der Waals surface area contributed by atoms with Gasteiger partial charge in [0, 0.05) is 6.20 Å². The summed E-state index contributed by atoms with van der Waals surface area (Å²) in [5, 5.41) is 13.2. The third kappa shape index (κ3) is 2.55. The molecule has 0 spiro atoms. The van der Waals surface area contributed by atoms with E-state index in [1.54, 1.807) is 12.3 Å². The number of aromatic nitrogens is 2. The molecule has 5 nitrogen and oxygen atoms in total. The molecule has 0 radical (unpaired) electrons. The topological polar surface area (TPSA) is 81.1 Å². The summed E-state index contributed by atoms with van der Waals surface area (Å²) in [5.74, 6) is 0.0687. The second kappa shape index (κ2) is 3.18. The standard InChI is InChI=1S/C8H13N3O2/c1-8(2,13)6(12)5-11-4-3-7(9)10-11/h3-4,13H,5H2,1-2H3,(H2,9,10). The number of hydrogen-bond donors (Lipinski definition) is 2. The summed E-state index contributed by atoms with van der Waals surface area (Å²) in [5.41, 5.74) is 4.04. The van der Waals surface area contributed by atoms with E-state index in [0.29, 0.717) is 5.82 Å². The molecule has 0 aliphatic carbocycles. The summed E-state index contributed by atoms with van der Waals surface area (Å²) in [7, 11) is 0. The van der Waals surface area contributed by atoms with Crippen LogP contribution in [-0.2, 0) is 11.3 Å². The molecule has 5 heteroatoms. The van der Waals surface area contributed by atoms with Crippen LogP contribution >= 0.6 is 0 Å². The van der Waals surface area contributed by atoms with E-state index in [-0.39, 0.29) is 12.3 Å². The highest BCUT2D eigenvalue weighted by Gasteiger charge is 2.23. The highest BCUT2D eigenvalue weighted by molar-refractivity contribution is 5.85. The molecule has 0 bridgehead atoms. The largest absolute Gasteiger partial charge is 0.383 e. The van der Waals surface area contributed by atoms with E-state index in [1.165, 1.54) is 18.5 Å². The van der Waals surface area contributed by atoms with Gasteiger partial charge in [-0.15, -0.1) is 0 Å². The molecule has 3 N–H and O–H groups in total. The summed E-state index contributed by atoms with van der Waals surface area (Å²) >= 11 is 0. The fraction of sp³-hybridized carbons (Fsp3) is 0.500. The lowest BCUT2D eigenvalue weighted by atomic mass is 10.0. The molecule has 1 aromatic heterocycles. The second-order valence-electron chi connectivity index (χ2n) is 3.42. The van der Waals surface area contributed by atoms with Gasteiger partial charge in [0.2, 0.25) is 0 Å². The van der Waals surface area contributed by atoms with E-state index in [1.807, 2.05) is 0 Å². The molecule has 1 rings (SSSR count). The molecule has 0 aliphatic heterocycles. The minimum atomic E-state index is -1.32. The first-order valence-corrected chi connectivity index (χ1v) is 3.94. The molecular formula is C8H13N3O2. The van der Waals surface area contributed by atoms with Crippen LogP contribution < -0.4 is 5.73 Å². The average Bonchev–Trinajstić information content (AvgIpc) is 2.33. The molecule has 0 fully saturated rings. The average molecular weight is 183 g/mol. The van der Waals surface area contributed by atoms with E-state index < -0.39 is 5.60 Å². The van der Waals surface area contributed by atoms with Crippen LogP contribution in [-0.4, -0.2) is 26.3 Å². The highest BCUT2D eigenvalue weighted by Crippen LogP contribution is 2.05. The Balaban J connectivity index is 2.65. The number of carbonyl (C=O) groups excluding carboxylic acids is 1. The Hall–Kier alpha value is -1.36. The van der Waals surface area contributed by atoms with Gasteiger partial charge in [0.25, 0.3) is 0 Å². The van der Waals surface area contributed by atoms with Crippen molar-refractivity contribution in [3.63, 3.8) is 0 Å². The first-order chi connectivity index (χ1) is 5.89. The summed E-state index contributed by atoms with van der Waals surface area (Å²) < 4.78 is 1.40. The number of rotatable bonds is 3. The van der Waals surface area contributed by atoms with Crippen LogP contribution in [0.2, 0.25) is 0 Å². The molecule has 0 aromatic carbocycles. The Kier molecular flexibility index (Phi) is 2.38. The first-order valence-electron chi connectivity index (χ1n) is 3.94. The summed E-state index contributed by atoms with van der Waals surface area (Å²) in [6.07, 6.45) is 1.60. The van der Waals surface area contributed by atoms with Crippen molar-refractivity contribution in [3.05, 3.63) is 12.3 Å². The molecule has 0 saturated heterocycles. The predicted octanol–water partition coefficient (Wildman–Crippen LogP) is -0.195. The number of ketones is 1. The number of hydrogen-bond acceptors (Lipinski definition) is 4. The van der Waals surface area contributed by atoms with E-state index in [2.05, 4.69) is 5.10 Å². The Morgan fingerprint density at radius 2 is 2.38 bits per heavy atom. The smallest absolute Gasteiger partial charge is 0.185 e. The van der Waals surface area contributed by atoms with Gasteiger partial charge < -0.3 is 10.8 Å². The zero-order chi connectivity index (χ0) is 10.1. The van der Waals surface area contributed by atoms with Gasteiger partial charge in [-0.05, 0) is 19.9 Å². The predicted molar refractivity (Wildman–Crippen MR) is 47.9 cm³/mol. The molecule has 0 aliphatic rings. The Bertz CT molecular complexity index is 311. The van der Waals surface area contributed by atoms with Crippen LogP contribution in [0.4, 0.5) is 5.82 Å². The van der Waals surface area contributed by atoms with Crippen molar-refractivity contribution in [1.29, 1.82) is 0 Å². The zero-order valence-electron chi connectivity index (χ0n) is 7.69. The maximum Gasteiger partial charge on any atom is 0.185 e. The minimum absolute atomic E-state index is 0.0424. The van der Waals surface area contributed by atoms with Gasteiger partial charge in [-0.25, -0.2) is 0 Å². The number of carbonyl (C=O) groups is 1. The van der Waals surface area contributed by atoms with Gasteiger partial charge in [0.15, 0.2) is 5.78 Å². The fourth-order valence-electron chi connectivity index (χ4n) is 0.806. The van der Waals surface area contributed by atoms with Gasteiger partial charge in [0.1, 0.15) is 18.0 Å². The maximum absolute atomic E-state index is 11.3. The molecular weight excluding hydrogens is 170 g/mol. The SMILES string of the molecule is CC(C)(O)C(=O)Cn1ccc(N)n1. The van der Waals surface area contributed by atoms with Crippen molar-refractivity contribution < 1.29 is 9.90 Å². The number of anilines is 1. The van der Waals surface area contributed by atoms with E-state index in [9.17, 15) is 9.90 Å². The van der Waals surface area contributed by atoms with E-state index >= 15 is 0 Å². The maximum atomic E-state index is 11.3. The van der Waals surface area contributed by atoms with Crippen molar-refractivity contribution in [3.8, 4) is 0 Å². The molecule has 0 unspecified atom stereocenters. The first kappa shape index (κ1) is 9.73. The van der Waals surface area contributed by atoms with Crippen LogP contribution in [0.5, 0.6) is 0 Å². The number of nitrogens with zero attached hydrogens (tertiary/aromatic N) is 2. The van der Waals surface area contributed by atoms with Gasteiger partial charge >= 0.3 is 0 Å². The third-order valence-electron chi connectivity index (χ3n) is 1.65. The lowest BCUT2D eigenvalue weighted by Gasteiger charge is -2.14. The lowest BCUT2D eigenvalue weighted by molar-refractivity contribution is -0.134. The normalized spacial score (nSPS) is 11.6. The summed E-state index contributed by atoms with van der Waals surface area (Å²) in [4.78, 5) is 11.3. The highest BCUT2D eigenvalue weighted by atomic mass is 16.3. The van der Waals surface area contributed by atoms with E-state index in [0.717, 1.165) is 0 Å². The summed E-state index contributed by atoms with van der Waals surface area (Å²) in [6.45, 7) is 2.94. The van der Waals surface area contributed by atoms with Crippen molar-refractivity contribution >= 4 is 11.6 Å². The molecule has 13 heavy (non-hydrogen) atoms. The number of aliphatic hydroxyl groups is 1. The fourth-order valence-corrected chi connectivity index (χ4v) is 0.806. The lowest BCUT2D eigenvalue weighted by Crippen LogP contribution is -2.34. The zero-order valence-corrected chi connectivity index (χ0v) is 7.69. The van der Waals surface area contributed by atoms with Gasteiger partial charge in [-0.1, -0.05) is 0 Å². The van der Waals surface area contributed by atoms with Crippen LogP contribution in [0.25, 0.3) is 0 Å². The molecule has 1 aromatic rings. The van der Waals surface area contributed by atoms with Gasteiger partial charge in [0.05, 0.1) is 0 Å². The molecule has 1 heterocycles. The second-order valence-corrected chi connectivity index (χ2v) is 3.42. The van der Waals surface area contributed by atoms with E-state index in [4.69, 9.17) is 5.73 Å². The van der Waals surface area contributed by atoms with Crippen molar-refractivity contribution in [2.45, 2.75) is 26.0 Å². The van der Waals surface area contributed by atoms with Crippen LogP contribution in [0.1, 0.15) is 13.8 Å². The molecule has 0 amide bonds. The number of nitrogen functional groups attached to an aromatic ring is 1. The van der Waals surface area contributed by atoms with Gasteiger partial charge in [-0.3, -0.25) is 9.48 Å². The summed E-state index contributed by atoms with van der Waals surface area (Å²) in [6, 6.07) is 1.59. The quantitative estimate of drug-likeness (QED) is 0.680. The third-order valence-corrected chi connectivity index (χ3v) is 1.65. The molecule has 72 valence electrons. The van der Waals surface area contributed by atoms with Gasteiger partial charge in [-0.2, -0.15) is 5.10 Å². The Labute approximate surface area is 76.2 Å². The Morgan fingerprint density at radius 1 is 1.77 bits per heavy atom. The number of Topliss-reactive ketones (excluding diaryl/α,β-unsaturated/α-hetero) is 1. The minimum Gasteiger partial charge on any atom is -0.383 e. The van der Waals surface area contributed by atoms with Crippen LogP contribution in [0, 0.1) is 0 Å². The Morgan fingerprint density at radius 3 is 2.77 bits per heavy atom. The monoisotopic (exact) mass is 183 g/mol. The van der Waals surface area contributed by atoms with Crippen LogP contribution in [0.3, 0.4) is 0 Å². The van der Waals surface area contributed by atoms with Crippen molar-refractivity contribution in [2.75, 3.05) is 5.73 Å².